The van der Waals surface area contributed by atoms with E-state index in [0.29, 0.717) is 48.3 Å². The van der Waals surface area contributed by atoms with Crippen LogP contribution in [0.15, 0.2) is 36.7 Å². The summed E-state index contributed by atoms with van der Waals surface area (Å²) in [5.74, 6) is -0.185. The molecule has 0 amide bonds. The highest BCUT2D eigenvalue weighted by Crippen LogP contribution is 2.36. The van der Waals surface area contributed by atoms with Gasteiger partial charge in [0.25, 0.3) is 0 Å². The Hall–Kier alpha value is -3.51. The summed E-state index contributed by atoms with van der Waals surface area (Å²) in [6, 6.07) is 5.82. The van der Waals surface area contributed by atoms with E-state index in [9.17, 15) is 18.0 Å². The molecule has 0 aliphatic heterocycles. The highest BCUT2D eigenvalue weighted by atomic mass is 35.5. The van der Waals surface area contributed by atoms with E-state index < -0.39 is 17.7 Å². The number of nitrogens with zero attached hydrogens (tertiary/aromatic N) is 3. The van der Waals surface area contributed by atoms with Gasteiger partial charge in [-0.1, -0.05) is 17.7 Å². The van der Waals surface area contributed by atoms with Crippen molar-refractivity contribution in [3.8, 4) is 23.3 Å². The van der Waals surface area contributed by atoms with Crippen LogP contribution in [0, 0.1) is 0 Å². The van der Waals surface area contributed by atoms with Crippen LogP contribution in [0.3, 0.4) is 0 Å². The largest absolute Gasteiger partial charge is 0.491 e. The van der Waals surface area contributed by atoms with Gasteiger partial charge in [0.15, 0.2) is 0 Å². The number of hydrogen-bond acceptors (Lipinski definition) is 7. The number of carboxylic acid groups (broad SMARTS) is 1. The summed E-state index contributed by atoms with van der Waals surface area (Å²) in [6.07, 6.45) is -1.63. The zero-order valence-corrected chi connectivity index (χ0v) is 20.8. The summed E-state index contributed by atoms with van der Waals surface area (Å²) < 4.78 is 62.4. The maximum absolute atomic E-state index is 13.0. The monoisotopic (exact) mass is 543 g/mol. The van der Waals surface area contributed by atoms with E-state index in [1.165, 1.54) is 11.8 Å². The van der Waals surface area contributed by atoms with E-state index in [1.807, 2.05) is 0 Å². The molecule has 2 heterocycles. The van der Waals surface area contributed by atoms with E-state index in [0.717, 1.165) is 6.07 Å². The lowest BCUT2D eigenvalue weighted by Gasteiger charge is -2.15. The number of rotatable bonds is 13. The second-order valence-electron chi connectivity index (χ2n) is 7.88. The Morgan fingerprint density at radius 1 is 1.11 bits per heavy atom. The molecular formula is C24H25ClF3N3O6. The minimum absolute atomic E-state index is 0.187. The summed E-state index contributed by atoms with van der Waals surface area (Å²) in [4.78, 5) is 14.8. The molecule has 0 aliphatic carbocycles. The summed E-state index contributed by atoms with van der Waals surface area (Å²) in [7, 11) is 3.20. The second kappa shape index (κ2) is 12.6. The average Bonchev–Trinajstić information content (AvgIpc) is 3.16. The first-order chi connectivity index (χ1) is 17.6. The van der Waals surface area contributed by atoms with Crippen molar-refractivity contribution in [2.24, 2.45) is 7.05 Å². The number of hydrogen-bond donors (Lipinski definition) is 1. The predicted molar refractivity (Wildman–Crippen MR) is 126 cm³/mol. The zero-order valence-electron chi connectivity index (χ0n) is 20.0. The SMILES string of the molecule is COCCOc1ccc(CCCOc2nn(C)cc2CC(=O)O)c(Oc2ncc(C(F)(F)F)cc2Cl)c1. The lowest BCUT2D eigenvalue weighted by atomic mass is 10.1. The topological polar surface area (TPSA) is 105 Å². The molecule has 0 spiro atoms. The lowest BCUT2D eigenvalue weighted by Crippen LogP contribution is -2.07. The number of ether oxygens (including phenoxy) is 4. The molecule has 0 aliphatic rings. The van der Waals surface area contributed by atoms with Crippen molar-refractivity contribution in [3.05, 3.63) is 58.4 Å². The van der Waals surface area contributed by atoms with Crippen LogP contribution in [0.1, 0.15) is 23.1 Å². The van der Waals surface area contributed by atoms with Crippen molar-refractivity contribution < 1.29 is 42.0 Å². The number of alkyl halides is 3. The Kier molecular flexibility index (Phi) is 9.59. The van der Waals surface area contributed by atoms with Crippen LogP contribution in [0.4, 0.5) is 13.2 Å². The van der Waals surface area contributed by atoms with E-state index in [4.69, 9.17) is 35.7 Å². The quantitative estimate of drug-likeness (QED) is 0.302. The number of aromatic nitrogens is 3. The molecular weight excluding hydrogens is 519 g/mol. The van der Waals surface area contributed by atoms with Crippen LogP contribution in [0.5, 0.6) is 23.3 Å². The Bertz CT molecular complexity index is 1220. The van der Waals surface area contributed by atoms with Crippen LogP contribution in [0.2, 0.25) is 5.02 Å². The fourth-order valence-corrected chi connectivity index (χ4v) is 3.49. The summed E-state index contributed by atoms with van der Waals surface area (Å²) >= 11 is 6.02. The van der Waals surface area contributed by atoms with Gasteiger partial charge < -0.3 is 24.1 Å². The molecule has 2 aromatic heterocycles. The van der Waals surface area contributed by atoms with E-state index >= 15 is 0 Å². The van der Waals surface area contributed by atoms with Crippen molar-refractivity contribution >= 4 is 17.6 Å². The number of carbonyl (C=O) groups is 1. The standard InChI is InChI=1S/C24H25ClF3N3O6/c1-31-14-16(10-21(32)33)22(30-31)36-7-3-4-15-5-6-18(35-9-8-34-2)12-20(15)37-23-19(25)11-17(13-29-23)24(26,27)28/h5-6,11-14H,3-4,7-10H2,1-2H3,(H,32,33). The highest BCUT2D eigenvalue weighted by Gasteiger charge is 2.32. The number of aryl methyl sites for hydroxylation is 2. The first kappa shape index (κ1) is 28.1. The molecule has 3 aromatic rings. The number of aliphatic carboxylic acids is 1. The Balaban J connectivity index is 1.73. The minimum Gasteiger partial charge on any atom is -0.491 e. The van der Waals surface area contributed by atoms with Crippen molar-refractivity contribution in [1.82, 2.24) is 14.8 Å². The van der Waals surface area contributed by atoms with Crippen molar-refractivity contribution in [2.75, 3.05) is 26.9 Å². The summed E-state index contributed by atoms with van der Waals surface area (Å²) in [5.41, 5.74) is 0.169. The first-order valence-electron chi connectivity index (χ1n) is 11.1. The molecule has 0 atom stereocenters. The molecule has 0 unspecified atom stereocenters. The molecule has 13 heteroatoms. The molecule has 0 saturated carbocycles. The highest BCUT2D eigenvalue weighted by molar-refractivity contribution is 6.31. The number of benzene rings is 1. The van der Waals surface area contributed by atoms with E-state index in [-0.39, 0.29) is 36.4 Å². The third-order valence-electron chi connectivity index (χ3n) is 4.97. The van der Waals surface area contributed by atoms with E-state index in [1.54, 1.807) is 31.4 Å². The van der Waals surface area contributed by atoms with Gasteiger partial charge in [0.05, 0.1) is 25.2 Å². The number of methoxy groups -OCH3 is 1. The molecule has 1 aromatic carbocycles. The molecule has 3 rings (SSSR count). The molecule has 0 radical (unpaired) electrons. The minimum atomic E-state index is -4.59. The fraction of sp³-hybridized carbons (Fsp3) is 0.375. The van der Waals surface area contributed by atoms with Crippen LogP contribution >= 0.6 is 11.6 Å². The Labute approximate surface area is 215 Å². The second-order valence-corrected chi connectivity index (χ2v) is 8.28. The fourth-order valence-electron chi connectivity index (χ4n) is 3.28. The van der Waals surface area contributed by atoms with Gasteiger partial charge in [0.1, 0.15) is 23.1 Å². The lowest BCUT2D eigenvalue weighted by molar-refractivity contribution is -0.138. The van der Waals surface area contributed by atoms with Crippen LogP contribution < -0.4 is 14.2 Å². The van der Waals surface area contributed by atoms with Crippen molar-refractivity contribution in [3.63, 3.8) is 0 Å². The summed E-state index contributed by atoms with van der Waals surface area (Å²) in [5, 5.41) is 12.9. The van der Waals surface area contributed by atoms with Gasteiger partial charge in [-0.05, 0) is 30.5 Å². The third kappa shape index (κ3) is 8.25. The molecule has 0 bridgehead atoms. The molecule has 9 nitrogen and oxygen atoms in total. The van der Waals surface area contributed by atoms with Gasteiger partial charge in [-0.2, -0.15) is 13.2 Å². The summed E-state index contributed by atoms with van der Waals surface area (Å²) in [6.45, 7) is 0.874. The predicted octanol–water partition coefficient (Wildman–Crippen LogP) is 4.94. The molecule has 1 N–H and O–H groups in total. The molecule has 200 valence electrons. The van der Waals surface area contributed by atoms with Crippen LogP contribution in [-0.2, 0) is 35.6 Å². The Morgan fingerprint density at radius 3 is 2.57 bits per heavy atom. The van der Waals surface area contributed by atoms with Gasteiger partial charge in [-0.15, -0.1) is 5.10 Å². The van der Waals surface area contributed by atoms with Crippen molar-refractivity contribution in [1.29, 1.82) is 0 Å². The first-order valence-corrected chi connectivity index (χ1v) is 11.5. The number of pyridine rings is 1. The average molecular weight is 544 g/mol. The Morgan fingerprint density at radius 2 is 1.89 bits per heavy atom. The van der Waals surface area contributed by atoms with Crippen molar-refractivity contribution in [2.45, 2.75) is 25.4 Å². The molecule has 0 fully saturated rings. The maximum atomic E-state index is 13.0. The van der Waals surface area contributed by atoms with Gasteiger partial charge in [-0.25, -0.2) is 4.98 Å². The number of halogens is 4. The van der Waals surface area contributed by atoms with Crippen LogP contribution in [0.25, 0.3) is 0 Å². The van der Waals surface area contributed by atoms with Gasteiger partial charge in [0.2, 0.25) is 11.8 Å². The number of carboxylic acids is 1. The zero-order chi connectivity index (χ0) is 27.0. The molecule has 0 saturated heterocycles. The third-order valence-corrected chi connectivity index (χ3v) is 5.24. The van der Waals surface area contributed by atoms with Crippen LogP contribution in [-0.4, -0.2) is 52.8 Å². The van der Waals surface area contributed by atoms with Gasteiger partial charge in [0, 0.05) is 38.2 Å². The molecule has 37 heavy (non-hydrogen) atoms. The van der Waals surface area contributed by atoms with E-state index in [2.05, 4.69) is 10.1 Å². The van der Waals surface area contributed by atoms with Gasteiger partial charge in [-0.3, -0.25) is 9.48 Å². The smallest absolute Gasteiger partial charge is 0.417 e. The van der Waals surface area contributed by atoms with Gasteiger partial charge >= 0.3 is 12.1 Å². The maximum Gasteiger partial charge on any atom is 0.417 e. The normalized spacial score (nSPS) is 11.4.